The summed E-state index contributed by atoms with van der Waals surface area (Å²) in [5.74, 6) is -1.05. The first-order chi connectivity index (χ1) is 11.1. The van der Waals surface area contributed by atoms with E-state index >= 15 is 0 Å². The van der Waals surface area contributed by atoms with Gasteiger partial charge >= 0.3 is 5.97 Å². The van der Waals surface area contributed by atoms with Crippen LogP contribution in [0, 0.1) is 12.3 Å². The molecule has 1 heterocycles. The number of hydrogen-bond acceptors (Lipinski definition) is 5. The van der Waals surface area contributed by atoms with E-state index in [1.165, 1.54) is 0 Å². The third kappa shape index (κ3) is 3.71. The van der Waals surface area contributed by atoms with Gasteiger partial charge in [0.25, 0.3) is 5.91 Å². The van der Waals surface area contributed by atoms with Crippen molar-refractivity contribution < 1.29 is 18.9 Å². The molecule has 0 saturated heterocycles. The van der Waals surface area contributed by atoms with Crippen molar-refractivity contribution in [2.24, 2.45) is 5.41 Å². The van der Waals surface area contributed by atoms with Crippen LogP contribution in [0.25, 0.3) is 11.3 Å². The summed E-state index contributed by atoms with van der Waals surface area (Å²) in [5, 5.41) is 4.46. The van der Waals surface area contributed by atoms with E-state index in [1.807, 2.05) is 0 Å². The summed E-state index contributed by atoms with van der Waals surface area (Å²) in [5.41, 5.74) is 1.96. The summed E-state index contributed by atoms with van der Waals surface area (Å²) in [6.07, 6.45) is 0. The molecule has 0 aliphatic heterocycles. The second-order valence-electron chi connectivity index (χ2n) is 6.13. The van der Waals surface area contributed by atoms with Crippen LogP contribution in [-0.4, -0.2) is 17.0 Å². The number of nitrogens with zero attached hydrogens (tertiary/aromatic N) is 1. The van der Waals surface area contributed by atoms with Gasteiger partial charge in [0, 0.05) is 11.0 Å². The summed E-state index contributed by atoms with van der Waals surface area (Å²) in [6.45, 7) is 6.62. The normalized spacial score (nSPS) is 11.2. The maximum absolute atomic E-state index is 12.4. The molecule has 8 heteroatoms. The minimum atomic E-state index is -0.822. The molecule has 0 unspecified atom stereocenters. The maximum atomic E-state index is 12.4. The van der Waals surface area contributed by atoms with E-state index in [9.17, 15) is 9.59 Å². The molecule has 0 radical (unpaired) electrons. The number of halogens is 2. The van der Waals surface area contributed by atoms with Gasteiger partial charge in [-0.1, -0.05) is 55.2 Å². The zero-order chi connectivity index (χ0) is 18.1. The van der Waals surface area contributed by atoms with Gasteiger partial charge in [-0.05, 0) is 19.1 Å². The van der Waals surface area contributed by atoms with Crippen LogP contribution in [0.1, 0.15) is 36.9 Å². The van der Waals surface area contributed by atoms with Gasteiger partial charge in [-0.3, -0.25) is 4.79 Å². The number of rotatable bonds is 2. The molecular weight excluding hydrogens is 355 g/mol. The first kappa shape index (κ1) is 18.3. The fourth-order valence-corrected chi connectivity index (χ4v) is 2.38. The molecule has 1 aromatic carbocycles. The number of aryl methyl sites for hydroxylation is 1. The number of carbonyl (C=O) groups excluding carboxylic acids is 2. The van der Waals surface area contributed by atoms with Crippen molar-refractivity contribution in [3.8, 4) is 11.3 Å². The number of aromatic nitrogens is 1. The third-order valence-corrected chi connectivity index (χ3v) is 3.81. The molecule has 0 atom stereocenters. The third-order valence-electron chi connectivity index (χ3n) is 3.18. The molecule has 0 aliphatic carbocycles. The van der Waals surface area contributed by atoms with Crippen LogP contribution < -0.4 is 5.48 Å². The molecule has 1 amide bonds. The van der Waals surface area contributed by atoms with Crippen LogP contribution in [0.3, 0.4) is 0 Å². The van der Waals surface area contributed by atoms with Crippen molar-refractivity contribution in [3.05, 3.63) is 39.6 Å². The van der Waals surface area contributed by atoms with Gasteiger partial charge in [-0.2, -0.15) is 5.48 Å². The van der Waals surface area contributed by atoms with Crippen LogP contribution in [0.5, 0.6) is 0 Å². The van der Waals surface area contributed by atoms with Gasteiger partial charge in [0.1, 0.15) is 17.0 Å². The van der Waals surface area contributed by atoms with E-state index in [2.05, 4.69) is 10.6 Å². The molecule has 24 heavy (non-hydrogen) atoms. The van der Waals surface area contributed by atoms with Crippen LogP contribution in [0.4, 0.5) is 0 Å². The number of carbonyl (C=O) groups is 2. The van der Waals surface area contributed by atoms with E-state index < -0.39 is 17.3 Å². The molecule has 0 aliphatic rings. The first-order valence-electron chi connectivity index (χ1n) is 7.05. The quantitative estimate of drug-likeness (QED) is 0.801. The largest absolute Gasteiger partial charge is 0.368 e. The Balaban J connectivity index is 2.34. The summed E-state index contributed by atoms with van der Waals surface area (Å²) >= 11 is 12.3. The first-order valence-corrected chi connectivity index (χ1v) is 7.80. The lowest BCUT2D eigenvalue weighted by molar-refractivity contribution is -0.137. The van der Waals surface area contributed by atoms with E-state index in [0.717, 1.165) is 0 Å². The molecule has 1 aromatic heterocycles. The predicted octanol–water partition coefficient (Wildman–Crippen LogP) is 4.19. The van der Waals surface area contributed by atoms with Gasteiger partial charge in [-0.15, -0.1) is 0 Å². The summed E-state index contributed by atoms with van der Waals surface area (Å²) in [4.78, 5) is 29.0. The minimum absolute atomic E-state index is 0.0409. The molecule has 6 nitrogen and oxygen atoms in total. The Bertz CT molecular complexity index is 774. The number of amides is 1. The Labute approximate surface area is 149 Å². The van der Waals surface area contributed by atoms with Gasteiger partial charge in [0.05, 0.1) is 10.0 Å². The maximum Gasteiger partial charge on any atom is 0.368 e. The molecule has 0 saturated carbocycles. The van der Waals surface area contributed by atoms with E-state index in [0.29, 0.717) is 15.6 Å². The minimum Gasteiger partial charge on any atom is -0.360 e. The standard InChI is InChI=1S/C16H16Cl2N2O4/c1-8-11(14(21)24-20-15(22)16(2,3)4)13(19-23-8)12-9(17)6-5-7-10(12)18/h5-7H,1-4H3,(H,20,22). The molecular formula is C16H16Cl2N2O4. The second kappa shape index (κ2) is 6.83. The van der Waals surface area contributed by atoms with Gasteiger partial charge in [-0.25, -0.2) is 4.79 Å². The monoisotopic (exact) mass is 370 g/mol. The Morgan fingerprint density at radius 3 is 2.33 bits per heavy atom. The smallest absolute Gasteiger partial charge is 0.360 e. The summed E-state index contributed by atoms with van der Waals surface area (Å²) < 4.78 is 5.07. The molecule has 2 aromatic rings. The Morgan fingerprint density at radius 1 is 1.21 bits per heavy atom. The Kier molecular flexibility index (Phi) is 5.20. The van der Waals surface area contributed by atoms with Crippen LogP contribution in [-0.2, 0) is 9.63 Å². The lowest BCUT2D eigenvalue weighted by atomic mass is 9.96. The van der Waals surface area contributed by atoms with Crippen LogP contribution in [0.15, 0.2) is 22.7 Å². The van der Waals surface area contributed by atoms with Crippen molar-refractivity contribution in [1.82, 2.24) is 10.6 Å². The average molecular weight is 371 g/mol. The summed E-state index contributed by atoms with van der Waals surface area (Å²) in [7, 11) is 0. The average Bonchev–Trinajstić information content (AvgIpc) is 2.85. The van der Waals surface area contributed by atoms with Crippen LogP contribution >= 0.6 is 23.2 Å². The number of hydroxylamine groups is 1. The fourth-order valence-electron chi connectivity index (χ4n) is 1.80. The highest BCUT2D eigenvalue weighted by atomic mass is 35.5. The molecule has 1 N–H and O–H groups in total. The van der Waals surface area contributed by atoms with Gasteiger partial charge in [0.2, 0.25) is 0 Å². The van der Waals surface area contributed by atoms with Crippen molar-refractivity contribution >= 4 is 35.1 Å². The van der Waals surface area contributed by atoms with Crippen LogP contribution in [0.2, 0.25) is 10.0 Å². The topological polar surface area (TPSA) is 81.4 Å². The lowest BCUT2D eigenvalue weighted by Gasteiger charge is -2.16. The number of hydrogen-bond donors (Lipinski definition) is 1. The highest BCUT2D eigenvalue weighted by molar-refractivity contribution is 6.39. The highest BCUT2D eigenvalue weighted by Gasteiger charge is 2.28. The van der Waals surface area contributed by atoms with Crippen molar-refractivity contribution in [2.75, 3.05) is 0 Å². The van der Waals surface area contributed by atoms with E-state index in [4.69, 9.17) is 32.6 Å². The number of benzene rings is 1. The van der Waals surface area contributed by atoms with Crippen molar-refractivity contribution in [2.45, 2.75) is 27.7 Å². The molecule has 0 bridgehead atoms. The van der Waals surface area contributed by atoms with Gasteiger partial charge in [0.15, 0.2) is 0 Å². The van der Waals surface area contributed by atoms with Crippen molar-refractivity contribution in [1.29, 1.82) is 0 Å². The Hall–Kier alpha value is -2.05. The lowest BCUT2D eigenvalue weighted by Crippen LogP contribution is -2.36. The predicted molar refractivity (Wildman–Crippen MR) is 89.7 cm³/mol. The van der Waals surface area contributed by atoms with Gasteiger partial charge < -0.3 is 9.36 Å². The Morgan fingerprint density at radius 2 is 1.79 bits per heavy atom. The van der Waals surface area contributed by atoms with E-state index in [1.54, 1.807) is 45.9 Å². The summed E-state index contributed by atoms with van der Waals surface area (Å²) in [6, 6.07) is 4.90. The molecule has 0 spiro atoms. The zero-order valence-electron chi connectivity index (χ0n) is 13.6. The number of nitrogens with one attached hydrogen (secondary N) is 1. The zero-order valence-corrected chi connectivity index (χ0v) is 15.1. The molecule has 128 valence electrons. The fraction of sp³-hybridized carbons (Fsp3) is 0.312. The highest BCUT2D eigenvalue weighted by Crippen LogP contribution is 2.36. The van der Waals surface area contributed by atoms with E-state index in [-0.39, 0.29) is 17.0 Å². The second-order valence-corrected chi connectivity index (χ2v) is 6.94. The SMILES string of the molecule is Cc1onc(-c2c(Cl)cccc2Cl)c1C(=O)ONC(=O)C(C)(C)C. The van der Waals surface area contributed by atoms with Crippen molar-refractivity contribution in [3.63, 3.8) is 0 Å². The molecule has 2 rings (SSSR count). The molecule has 0 fully saturated rings.